The summed E-state index contributed by atoms with van der Waals surface area (Å²) in [6.45, 7) is 4.72. The largest absolute Gasteiger partial charge is 0.299 e. The van der Waals surface area contributed by atoms with Gasteiger partial charge in [-0.25, -0.2) is 9.13 Å². The third-order valence-electron chi connectivity index (χ3n) is 12.7. The van der Waals surface area contributed by atoms with Crippen LogP contribution in [0, 0.1) is 0 Å². The van der Waals surface area contributed by atoms with Gasteiger partial charge in [0, 0.05) is 58.8 Å². The van der Waals surface area contributed by atoms with Gasteiger partial charge in [-0.1, -0.05) is 93.2 Å². The predicted molar refractivity (Wildman–Crippen MR) is 253 cm³/mol. The monoisotopic (exact) mass is 914 g/mol. The molecule has 316 valence electrons. The normalized spacial score (nSPS) is 17.1. The number of benzene rings is 2. The van der Waals surface area contributed by atoms with E-state index in [1.54, 1.807) is 22.3 Å². The van der Waals surface area contributed by atoms with E-state index in [9.17, 15) is 0 Å². The summed E-state index contributed by atoms with van der Waals surface area (Å²) in [6, 6.07) is 28.5. The highest BCUT2D eigenvalue weighted by molar-refractivity contribution is 9.09. The van der Waals surface area contributed by atoms with E-state index in [0.29, 0.717) is 12.1 Å². The summed E-state index contributed by atoms with van der Waals surface area (Å²) in [5.74, 6) is 0. The van der Waals surface area contributed by atoms with Crippen LogP contribution in [-0.4, -0.2) is 47.6 Å². The predicted octanol–water partition coefficient (Wildman–Crippen LogP) is 12.5. The summed E-state index contributed by atoms with van der Waals surface area (Å²) >= 11 is 6.99. The number of hydrogen-bond acceptors (Lipinski definition) is 2. The molecule has 58 heavy (non-hydrogen) atoms. The molecular formula is C52H76Br2N4+2. The number of aromatic nitrogens is 2. The molecule has 2 atom stereocenters. The molecule has 2 aromatic heterocycles. The molecule has 0 saturated carbocycles. The van der Waals surface area contributed by atoms with E-state index in [1.165, 1.54) is 153 Å². The third kappa shape index (κ3) is 16.2. The van der Waals surface area contributed by atoms with Gasteiger partial charge < -0.3 is 0 Å². The zero-order valence-corrected chi connectivity index (χ0v) is 39.5. The average molecular weight is 917 g/mol. The highest BCUT2D eigenvalue weighted by Crippen LogP contribution is 2.30. The maximum absolute atomic E-state index is 3.50. The van der Waals surface area contributed by atoms with Crippen LogP contribution in [0.2, 0.25) is 0 Å². The smallest absolute Gasteiger partial charge is 0.173 e. The first-order valence-electron chi connectivity index (χ1n) is 23.2. The van der Waals surface area contributed by atoms with Crippen molar-refractivity contribution in [3.05, 3.63) is 131 Å². The molecule has 0 radical (unpaired) electrons. The molecule has 4 heterocycles. The molecule has 4 aromatic rings. The van der Waals surface area contributed by atoms with Crippen molar-refractivity contribution in [2.45, 2.75) is 154 Å². The van der Waals surface area contributed by atoms with Gasteiger partial charge in [-0.05, 0) is 164 Å². The molecule has 2 aromatic carbocycles. The zero-order valence-electron chi connectivity index (χ0n) is 36.3. The van der Waals surface area contributed by atoms with Crippen molar-refractivity contribution < 1.29 is 9.13 Å². The summed E-state index contributed by atoms with van der Waals surface area (Å²) < 4.78 is 4.83. The highest BCUT2D eigenvalue weighted by atomic mass is 79.9. The number of nitrogens with zero attached hydrogens (tertiary/aromatic N) is 4. The molecule has 2 aliphatic rings. The van der Waals surface area contributed by atoms with Gasteiger partial charge in [0.05, 0.1) is 0 Å². The fourth-order valence-electron chi connectivity index (χ4n) is 9.26. The van der Waals surface area contributed by atoms with Crippen molar-refractivity contribution in [2.75, 3.05) is 37.8 Å². The van der Waals surface area contributed by atoms with Crippen molar-refractivity contribution in [1.82, 2.24) is 9.80 Å². The number of aryl methyl sites for hydroxylation is 6. The van der Waals surface area contributed by atoms with Gasteiger partial charge in [0.1, 0.15) is 13.1 Å². The quantitative estimate of drug-likeness (QED) is 0.0395. The van der Waals surface area contributed by atoms with E-state index in [1.807, 2.05) is 0 Å². The molecule has 0 unspecified atom stereocenters. The summed E-state index contributed by atoms with van der Waals surface area (Å²) in [7, 11) is 4.53. The molecule has 2 fully saturated rings. The fraction of sp³-hybridized carbons (Fsp3) is 0.577. The zero-order chi connectivity index (χ0) is 40.6. The van der Waals surface area contributed by atoms with Gasteiger partial charge in [-0.15, -0.1) is 0 Å². The lowest BCUT2D eigenvalue weighted by molar-refractivity contribution is -0.698. The lowest BCUT2D eigenvalue weighted by atomic mass is 9.97. The van der Waals surface area contributed by atoms with Crippen LogP contribution < -0.4 is 9.13 Å². The van der Waals surface area contributed by atoms with Gasteiger partial charge in [-0.2, -0.15) is 0 Å². The maximum Gasteiger partial charge on any atom is 0.173 e. The number of alkyl halides is 2. The molecule has 0 spiro atoms. The molecule has 0 amide bonds. The topological polar surface area (TPSA) is 14.2 Å². The van der Waals surface area contributed by atoms with Crippen LogP contribution >= 0.6 is 31.9 Å². The van der Waals surface area contributed by atoms with Crippen LogP contribution in [0.3, 0.4) is 0 Å². The van der Waals surface area contributed by atoms with E-state index >= 15 is 0 Å². The molecule has 6 heteroatoms. The second-order valence-corrected chi connectivity index (χ2v) is 18.8. The van der Waals surface area contributed by atoms with E-state index in [4.69, 9.17) is 0 Å². The molecule has 0 bridgehead atoms. The minimum Gasteiger partial charge on any atom is -0.299 e. The van der Waals surface area contributed by atoms with Crippen molar-refractivity contribution in [3.63, 3.8) is 0 Å². The number of halogens is 2. The number of hydrogen-bond donors (Lipinski definition) is 0. The minimum absolute atomic E-state index is 0.609. The minimum atomic E-state index is 0.609. The Labute approximate surface area is 371 Å². The van der Waals surface area contributed by atoms with E-state index in [0.717, 1.165) is 23.7 Å². The fourth-order valence-corrected chi connectivity index (χ4v) is 10.0. The standard InChI is InChI=1S/C36H52N4.C16H24Br2/c1-37-23-13-21-35(37)33-19-11-27-39(29-33)25-9-3-5-15-31-17-7-8-18-32(31)16-6-4-10-26-40-28-12-20-34(30-40)36-22-14-24-38(36)2;17-13-7-1-3-9-15-11-5-6-12-16(15)10-4-2-8-14-18/h7-8,11-12,17-20,27-30,35-36H,3-6,9-10,13-16,21-26H2,1-2H3;5-6,11-12H,1-4,7-10,13-14H2/q+2;/t35-,36-;/m0./s1. The Kier molecular flexibility index (Phi) is 22.1. The first-order chi connectivity index (χ1) is 28.6. The number of unbranched alkanes of at least 4 members (excludes halogenated alkanes) is 8. The van der Waals surface area contributed by atoms with E-state index < -0.39 is 0 Å². The van der Waals surface area contributed by atoms with Crippen molar-refractivity contribution in [1.29, 1.82) is 0 Å². The summed E-state index contributed by atoms with van der Waals surface area (Å²) in [5.41, 5.74) is 9.27. The average Bonchev–Trinajstić information content (AvgIpc) is 3.89. The maximum atomic E-state index is 3.50. The third-order valence-corrected chi connectivity index (χ3v) is 13.8. The van der Waals surface area contributed by atoms with Crippen molar-refractivity contribution in [3.8, 4) is 0 Å². The Morgan fingerprint density at radius 1 is 0.466 bits per heavy atom. The second-order valence-electron chi connectivity index (χ2n) is 17.2. The highest BCUT2D eigenvalue weighted by Gasteiger charge is 2.25. The van der Waals surface area contributed by atoms with Gasteiger partial charge in [0.2, 0.25) is 0 Å². The lowest BCUT2D eigenvalue weighted by Crippen LogP contribution is -2.34. The SMILES string of the molecule is BrCCCCCc1ccccc1CCCCCBr.CN1CCC[C@H]1c1ccc[n+](CCCCCc2ccccc2CCCCC[n+]2cccc([C@@H]3CCCN3C)c2)c1. The van der Waals surface area contributed by atoms with Gasteiger partial charge in [0.15, 0.2) is 24.8 Å². The first-order valence-corrected chi connectivity index (χ1v) is 25.4. The Balaban J connectivity index is 0.000000299. The van der Waals surface area contributed by atoms with Gasteiger partial charge in [-0.3, -0.25) is 9.80 Å². The molecule has 2 aliphatic heterocycles. The number of pyridine rings is 2. The molecule has 4 nitrogen and oxygen atoms in total. The van der Waals surface area contributed by atoms with Crippen LogP contribution in [0.5, 0.6) is 0 Å². The van der Waals surface area contributed by atoms with Crippen LogP contribution in [0.15, 0.2) is 97.6 Å². The Morgan fingerprint density at radius 3 is 1.16 bits per heavy atom. The lowest BCUT2D eigenvalue weighted by Gasteiger charge is -2.18. The Hall–Kier alpha value is -2.38. The first kappa shape index (κ1) is 46.7. The van der Waals surface area contributed by atoms with Crippen LogP contribution in [0.4, 0.5) is 0 Å². The van der Waals surface area contributed by atoms with Gasteiger partial charge >= 0.3 is 0 Å². The second kappa shape index (κ2) is 27.5. The molecule has 2 saturated heterocycles. The van der Waals surface area contributed by atoms with Crippen molar-refractivity contribution >= 4 is 31.9 Å². The molecule has 0 N–H and O–H groups in total. The number of rotatable bonds is 24. The Morgan fingerprint density at radius 2 is 0.828 bits per heavy atom. The van der Waals surface area contributed by atoms with Gasteiger partial charge in [0.25, 0.3) is 0 Å². The number of likely N-dealkylation sites (tertiary alicyclic amines) is 2. The van der Waals surface area contributed by atoms with E-state index in [2.05, 4.69) is 162 Å². The summed E-state index contributed by atoms with van der Waals surface area (Å²) in [4.78, 5) is 5.01. The van der Waals surface area contributed by atoms with Crippen molar-refractivity contribution in [2.24, 2.45) is 0 Å². The molecule has 6 rings (SSSR count). The molecular weight excluding hydrogens is 840 g/mol. The van der Waals surface area contributed by atoms with Crippen LogP contribution in [-0.2, 0) is 38.8 Å². The molecule has 0 aliphatic carbocycles. The van der Waals surface area contributed by atoms with Crippen LogP contribution in [0.1, 0.15) is 148 Å². The summed E-state index contributed by atoms with van der Waals surface area (Å²) in [5, 5.41) is 2.28. The summed E-state index contributed by atoms with van der Waals surface area (Å²) in [6.07, 6.45) is 35.0. The Bertz CT molecular complexity index is 1590. The van der Waals surface area contributed by atoms with Crippen LogP contribution in [0.25, 0.3) is 0 Å². The van der Waals surface area contributed by atoms with E-state index in [-0.39, 0.29) is 0 Å².